The van der Waals surface area contributed by atoms with Crippen molar-refractivity contribution in [3.63, 3.8) is 0 Å². The number of rotatable bonds is 4. The molecule has 144 valence electrons. The minimum Gasteiger partial charge on any atom is -0.497 e. The van der Waals surface area contributed by atoms with E-state index in [1.165, 1.54) is 23.0 Å². The standard InChI is InChI=1S/C23H17FN2O3/c1-28-19-11-7-16(8-12-19)3-2-4-20-13-21-22(29-20)25-15-26(23(21)27)14-17-5-9-18(24)10-6-17/h5-13,15H,3,14H2,1H3. The number of nitrogens with zero attached hydrogens (tertiary/aromatic N) is 2. The van der Waals surface area contributed by atoms with E-state index >= 15 is 0 Å². The van der Waals surface area contributed by atoms with Gasteiger partial charge in [-0.1, -0.05) is 30.2 Å². The van der Waals surface area contributed by atoms with Crippen LogP contribution >= 0.6 is 0 Å². The second-order valence-electron chi connectivity index (χ2n) is 6.46. The third kappa shape index (κ3) is 4.19. The average Bonchev–Trinajstić information content (AvgIpc) is 3.16. The Kier molecular flexibility index (Phi) is 5.12. The van der Waals surface area contributed by atoms with Crippen molar-refractivity contribution in [2.24, 2.45) is 0 Å². The monoisotopic (exact) mass is 388 g/mol. The van der Waals surface area contributed by atoms with Gasteiger partial charge in [-0.15, -0.1) is 0 Å². The van der Waals surface area contributed by atoms with Crippen LogP contribution in [0.5, 0.6) is 5.75 Å². The molecule has 29 heavy (non-hydrogen) atoms. The van der Waals surface area contributed by atoms with Gasteiger partial charge in [0.1, 0.15) is 23.3 Å². The summed E-state index contributed by atoms with van der Waals surface area (Å²) in [4.78, 5) is 16.9. The molecule has 0 saturated carbocycles. The van der Waals surface area contributed by atoms with Crippen LogP contribution in [0.25, 0.3) is 11.1 Å². The van der Waals surface area contributed by atoms with Gasteiger partial charge in [0.15, 0.2) is 5.76 Å². The third-order valence-corrected chi connectivity index (χ3v) is 4.45. The molecular formula is C23H17FN2O3. The second-order valence-corrected chi connectivity index (χ2v) is 6.46. The van der Waals surface area contributed by atoms with Gasteiger partial charge in [-0.25, -0.2) is 9.37 Å². The Balaban J connectivity index is 1.54. The molecule has 0 atom stereocenters. The van der Waals surface area contributed by atoms with E-state index in [0.29, 0.717) is 24.1 Å². The number of hydrogen-bond donors (Lipinski definition) is 0. The van der Waals surface area contributed by atoms with Gasteiger partial charge in [0, 0.05) is 12.5 Å². The maximum atomic E-state index is 13.0. The number of furan rings is 1. The van der Waals surface area contributed by atoms with Gasteiger partial charge in [-0.05, 0) is 41.3 Å². The fraction of sp³-hybridized carbons (Fsp3) is 0.130. The molecule has 2 aromatic heterocycles. The summed E-state index contributed by atoms with van der Waals surface area (Å²) in [6.45, 7) is 0.297. The minimum atomic E-state index is -0.317. The maximum Gasteiger partial charge on any atom is 0.264 e. The summed E-state index contributed by atoms with van der Waals surface area (Å²) in [6.07, 6.45) is 1.97. The lowest BCUT2D eigenvalue weighted by Gasteiger charge is -2.04. The lowest BCUT2D eigenvalue weighted by molar-refractivity contribution is 0.414. The van der Waals surface area contributed by atoms with Crippen molar-refractivity contribution in [2.75, 3.05) is 7.11 Å². The van der Waals surface area contributed by atoms with E-state index in [2.05, 4.69) is 16.8 Å². The first-order chi connectivity index (χ1) is 14.1. The van der Waals surface area contributed by atoms with Crippen LogP contribution in [0.4, 0.5) is 4.39 Å². The Morgan fingerprint density at radius 2 is 1.83 bits per heavy atom. The van der Waals surface area contributed by atoms with Gasteiger partial charge in [0.05, 0.1) is 13.7 Å². The highest BCUT2D eigenvalue weighted by Crippen LogP contribution is 2.14. The van der Waals surface area contributed by atoms with Crippen molar-refractivity contribution in [3.8, 4) is 17.6 Å². The molecule has 0 saturated heterocycles. The molecule has 0 N–H and O–H groups in total. The highest BCUT2D eigenvalue weighted by atomic mass is 19.1. The Bertz CT molecular complexity index is 1260. The van der Waals surface area contributed by atoms with Gasteiger partial charge in [0.25, 0.3) is 5.56 Å². The topological polar surface area (TPSA) is 57.3 Å². The molecule has 2 aromatic carbocycles. The van der Waals surface area contributed by atoms with Crippen LogP contribution in [-0.4, -0.2) is 16.7 Å². The van der Waals surface area contributed by atoms with Gasteiger partial charge in [0.2, 0.25) is 5.71 Å². The highest BCUT2D eigenvalue weighted by molar-refractivity contribution is 5.73. The van der Waals surface area contributed by atoms with E-state index in [0.717, 1.165) is 16.9 Å². The van der Waals surface area contributed by atoms with Crippen LogP contribution in [0.3, 0.4) is 0 Å². The molecule has 4 rings (SSSR count). The molecule has 0 fully saturated rings. The van der Waals surface area contributed by atoms with E-state index in [9.17, 15) is 9.18 Å². The van der Waals surface area contributed by atoms with Crippen LogP contribution in [0.1, 0.15) is 16.9 Å². The number of methoxy groups -OCH3 is 1. The summed E-state index contributed by atoms with van der Waals surface area (Å²) < 4.78 is 25.2. The lowest BCUT2D eigenvalue weighted by atomic mass is 10.1. The van der Waals surface area contributed by atoms with Crippen molar-refractivity contribution >= 4 is 11.1 Å². The molecule has 4 aromatic rings. The van der Waals surface area contributed by atoms with Gasteiger partial charge in [-0.2, -0.15) is 0 Å². The van der Waals surface area contributed by atoms with E-state index in [1.54, 1.807) is 25.3 Å². The van der Waals surface area contributed by atoms with E-state index in [1.807, 2.05) is 24.3 Å². The van der Waals surface area contributed by atoms with Crippen molar-refractivity contribution in [3.05, 3.63) is 94.0 Å². The molecular weight excluding hydrogens is 371 g/mol. The van der Waals surface area contributed by atoms with Crippen LogP contribution < -0.4 is 10.3 Å². The zero-order valence-electron chi connectivity index (χ0n) is 15.7. The molecule has 0 spiro atoms. The highest BCUT2D eigenvalue weighted by Gasteiger charge is 2.10. The molecule has 5 nitrogen and oxygen atoms in total. The lowest BCUT2D eigenvalue weighted by Crippen LogP contribution is -2.20. The van der Waals surface area contributed by atoms with Crippen molar-refractivity contribution in [2.45, 2.75) is 13.0 Å². The predicted octanol–water partition coefficient (Wildman–Crippen LogP) is 3.78. The summed E-state index contributed by atoms with van der Waals surface area (Å²) in [5, 5.41) is 0.364. The predicted molar refractivity (Wildman–Crippen MR) is 107 cm³/mol. The van der Waals surface area contributed by atoms with Gasteiger partial charge >= 0.3 is 0 Å². The molecule has 0 aliphatic carbocycles. The van der Waals surface area contributed by atoms with Crippen molar-refractivity contribution < 1.29 is 13.5 Å². The number of fused-ring (bicyclic) bond motifs is 1. The normalized spacial score (nSPS) is 10.6. The van der Waals surface area contributed by atoms with Crippen LogP contribution in [0, 0.1) is 17.7 Å². The van der Waals surface area contributed by atoms with Crippen LogP contribution in [0.15, 0.2) is 70.1 Å². The van der Waals surface area contributed by atoms with Gasteiger partial charge < -0.3 is 9.15 Å². The minimum absolute atomic E-state index is 0.230. The SMILES string of the molecule is COc1ccc(CC#Cc2cc3c(=O)n(Cc4ccc(F)cc4)cnc3o2)cc1. The quantitative estimate of drug-likeness (QED) is 0.499. The summed E-state index contributed by atoms with van der Waals surface area (Å²) in [6, 6.07) is 15.3. The summed E-state index contributed by atoms with van der Waals surface area (Å²) in [5.41, 5.74) is 1.87. The van der Waals surface area contributed by atoms with E-state index in [4.69, 9.17) is 9.15 Å². The van der Waals surface area contributed by atoms with Gasteiger partial charge in [-0.3, -0.25) is 9.36 Å². The summed E-state index contributed by atoms with van der Waals surface area (Å²) in [5.74, 6) is 6.84. The largest absolute Gasteiger partial charge is 0.497 e. The van der Waals surface area contributed by atoms with Crippen LogP contribution in [0.2, 0.25) is 0 Å². The number of benzene rings is 2. The maximum absolute atomic E-state index is 13.0. The first-order valence-electron chi connectivity index (χ1n) is 8.97. The molecule has 0 amide bonds. The third-order valence-electron chi connectivity index (χ3n) is 4.45. The Morgan fingerprint density at radius 3 is 2.55 bits per heavy atom. The average molecular weight is 388 g/mol. The Hall–Kier alpha value is -3.85. The first kappa shape index (κ1) is 18.5. The molecule has 6 heteroatoms. The van der Waals surface area contributed by atoms with E-state index in [-0.39, 0.29) is 17.1 Å². The second kappa shape index (κ2) is 8.03. The van der Waals surface area contributed by atoms with Crippen molar-refractivity contribution in [1.29, 1.82) is 0 Å². The zero-order chi connectivity index (χ0) is 20.2. The van der Waals surface area contributed by atoms with E-state index < -0.39 is 0 Å². The number of aromatic nitrogens is 2. The number of halogens is 1. The molecule has 2 heterocycles. The number of hydrogen-bond acceptors (Lipinski definition) is 4. The Morgan fingerprint density at radius 1 is 1.10 bits per heavy atom. The fourth-order valence-corrected chi connectivity index (χ4v) is 2.90. The number of ether oxygens (including phenoxy) is 1. The Labute approximate surface area is 166 Å². The smallest absolute Gasteiger partial charge is 0.264 e. The molecule has 0 bridgehead atoms. The van der Waals surface area contributed by atoms with Crippen LogP contribution in [-0.2, 0) is 13.0 Å². The van der Waals surface area contributed by atoms with Crippen molar-refractivity contribution in [1.82, 2.24) is 9.55 Å². The molecule has 0 unspecified atom stereocenters. The first-order valence-corrected chi connectivity index (χ1v) is 8.97. The zero-order valence-corrected chi connectivity index (χ0v) is 15.7. The molecule has 0 aliphatic rings. The molecule has 0 aliphatic heterocycles. The summed E-state index contributed by atoms with van der Waals surface area (Å²) >= 11 is 0. The molecule has 0 radical (unpaired) electrons. The fourth-order valence-electron chi connectivity index (χ4n) is 2.90. The summed E-state index contributed by atoms with van der Waals surface area (Å²) in [7, 11) is 1.62.